The van der Waals surface area contributed by atoms with Crippen molar-refractivity contribution in [2.75, 3.05) is 13.1 Å². The number of halogens is 2. The van der Waals surface area contributed by atoms with Gasteiger partial charge in [-0.05, 0) is 38.1 Å². The van der Waals surface area contributed by atoms with Gasteiger partial charge in [0.2, 0.25) is 0 Å². The molecule has 0 radical (unpaired) electrons. The van der Waals surface area contributed by atoms with Gasteiger partial charge in [0, 0.05) is 6.54 Å². The lowest BCUT2D eigenvalue weighted by Gasteiger charge is -2.20. The highest BCUT2D eigenvalue weighted by Crippen LogP contribution is 2.18. The van der Waals surface area contributed by atoms with Gasteiger partial charge in [-0.25, -0.2) is 4.98 Å². The number of rotatable bonds is 6. The molecule has 0 fully saturated rings. The molecular weight excluding hydrogens is 243 g/mol. The lowest BCUT2D eigenvalue weighted by atomic mass is 10.3. The van der Waals surface area contributed by atoms with Crippen LogP contribution < -0.4 is 0 Å². The molecule has 0 amide bonds. The van der Waals surface area contributed by atoms with Crippen molar-refractivity contribution >= 4 is 23.2 Å². The molecule has 1 aromatic rings. The van der Waals surface area contributed by atoms with E-state index in [1.165, 1.54) is 0 Å². The Labute approximate surface area is 108 Å². The highest BCUT2D eigenvalue weighted by molar-refractivity contribution is 6.32. The Hall–Kier alpha value is -0.310. The van der Waals surface area contributed by atoms with Crippen molar-refractivity contribution in [3.05, 3.63) is 28.0 Å². The molecule has 0 bridgehead atoms. The van der Waals surface area contributed by atoms with Crippen molar-refractivity contribution in [2.45, 2.75) is 33.2 Å². The van der Waals surface area contributed by atoms with E-state index in [-0.39, 0.29) is 0 Å². The molecule has 0 unspecified atom stereocenters. The van der Waals surface area contributed by atoms with Crippen LogP contribution in [0.25, 0.3) is 0 Å². The van der Waals surface area contributed by atoms with E-state index < -0.39 is 0 Å². The van der Waals surface area contributed by atoms with Gasteiger partial charge in [0.25, 0.3) is 0 Å². The molecule has 0 spiro atoms. The van der Waals surface area contributed by atoms with Gasteiger partial charge in [-0.2, -0.15) is 0 Å². The van der Waals surface area contributed by atoms with E-state index in [0.29, 0.717) is 10.2 Å². The molecule has 1 rings (SSSR count). The van der Waals surface area contributed by atoms with Crippen LogP contribution in [-0.2, 0) is 6.54 Å². The normalized spacial score (nSPS) is 11.1. The molecule has 16 heavy (non-hydrogen) atoms. The number of hydrogen-bond donors (Lipinski definition) is 0. The number of nitrogens with zero attached hydrogens (tertiary/aromatic N) is 2. The molecule has 1 aromatic heterocycles. The van der Waals surface area contributed by atoms with E-state index in [4.69, 9.17) is 23.2 Å². The fourth-order valence-electron chi connectivity index (χ4n) is 1.68. The van der Waals surface area contributed by atoms with E-state index in [9.17, 15) is 0 Å². The van der Waals surface area contributed by atoms with E-state index in [2.05, 4.69) is 23.7 Å². The van der Waals surface area contributed by atoms with Gasteiger partial charge in [0.1, 0.15) is 5.15 Å². The zero-order valence-corrected chi connectivity index (χ0v) is 11.4. The van der Waals surface area contributed by atoms with Gasteiger partial charge in [-0.3, -0.25) is 4.90 Å². The highest BCUT2D eigenvalue weighted by Gasteiger charge is 2.08. The summed E-state index contributed by atoms with van der Waals surface area (Å²) in [5, 5.41) is 1.20. The minimum absolute atomic E-state index is 0.507. The fraction of sp³-hybridized carbons (Fsp3) is 0.583. The standard InChI is InChI=1S/C12H18Cl2N2/c1-3-7-16(8-4-2)9-11-10(13)5-6-12(14)15-11/h5-6H,3-4,7-9H2,1-2H3. The lowest BCUT2D eigenvalue weighted by molar-refractivity contribution is 0.263. The maximum atomic E-state index is 6.09. The van der Waals surface area contributed by atoms with Crippen LogP contribution in [0, 0.1) is 0 Å². The molecule has 0 aromatic carbocycles. The monoisotopic (exact) mass is 260 g/mol. The third-order valence-electron chi connectivity index (χ3n) is 2.34. The molecule has 0 aliphatic carbocycles. The first-order chi connectivity index (χ1) is 7.67. The third kappa shape index (κ3) is 4.28. The smallest absolute Gasteiger partial charge is 0.129 e. The Balaban J connectivity index is 2.71. The predicted molar refractivity (Wildman–Crippen MR) is 70.1 cm³/mol. The zero-order chi connectivity index (χ0) is 12.0. The van der Waals surface area contributed by atoms with Gasteiger partial charge in [-0.15, -0.1) is 0 Å². The Morgan fingerprint density at radius 1 is 1.12 bits per heavy atom. The molecule has 0 saturated carbocycles. The van der Waals surface area contributed by atoms with E-state index >= 15 is 0 Å². The van der Waals surface area contributed by atoms with E-state index in [0.717, 1.165) is 38.2 Å². The summed E-state index contributed by atoms with van der Waals surface area (Å²) in [7, 11) is 0. The molecule has 0 N–H and O–H groups in total. The quantitative estimate of drug-likeness (QED) is 0.719. The zero-order valence-electron chi connectivity index (χ0n) is 9.84. The van der Waals surface area contributed by atoms with Crippen LogP contribution in [0.5, 0.6) is 0 Å². The van der Waals surface area contributed by atoms with Crippen LogP contribution in [-0.4, -0.2) is 23.0 Å². The summed E-state index contributed by atoms with van der Waals surface area (Å²) in [6, 6.07) is 3.53. The maximum Gasteiger partial charge on any atom is 0.129 e. The van der Waals surface area contributed by atoms with Gasteiger partial charge in [0.05, 0.1) is 10.7 Å². The Morgan fingerprint density at radius 3 is 2.31 bits per heavy atom. The third-order valence-corrected chi connectivity index (χ3v) is 2.89. The van der Waals surface area contributed by atoms with Gasteiger partial charge >= 0.3 is 0 Å². The van der Waals surface area contributed by atoms with Crippen molar-refractivity contribution in [1.82, 2.24) is 9.88 Å². The second-order valence-electron chi connectivity index (χ2n) is 3.84. The van der Waals surface area contributed by atoms with Crippen LogP contribution in [0.3, 0.4) is 0 Å². The summed E-state index contributed by atoms with van der Waals surface area (Å²) in [6.45, 7) is 7.27. The summed E-state index contributed by atoms with van der Waals surface area (Å²) in [6.07, 6.45) is 2.27. The first-order valence-corrected chi connectivity index (χ1v) is 6.46. The number of aromatic nitrogens is 1. The average Bonchev–Trinajstić information content (AvgIpc) is 2.24. The summed E-state index contributed by atoms with van der Waals surface area (Å²) in [5.74, 6) is 0. The first-order valence-electron chi connectivity index (χ1n) is 5.70. The summed E-state index contributed by atoms with van der Waals surface area (Å²) < 4.78 is 0. The average molecular weight is 261 g/mol. The van der Waals surface area contributed by atoms with Crippen molar-refractivity contribution in [3.8, 4) is 0 Å². The molecule has 0 aliphatic heterocycles. The fourth-order valence-corrected chi connectivity index (χ4v) is 2.01. The number of hydrogen-bond acceptors (Lipinski definition) is 2. The summed E-state index contributed by atoms with van der Waals surface area (Å²) in [5.41, 5.74) is 0.871. The Morgan fingerprint density at radius 2 is 1.75 bits per heavy atom. The second kappa shape index (κ2) is 7.10. The minimum Gasteiger partial charge on any atom is -0.297 e. The minimum atomic E-state index is 0.507. The molecule has 0 saturated heterocycles. The molecule has 0 atom stereocenters. The van der Waals surface area contributed by atoms with Crippen molar-refractivity contribution in [1.29, 1.82) is 0 Å². The predicted octanol–water partition coefficient (Wildman–Crippen LogP) is 4.01. The SMILES string of the molecule is CCCN(CCC)Cc1nc(Cl)ccc1Cl. The van der Waals surface area contributed by atoms with Gasteiger partial charge < -0.3 is 0 Å². The molecule has 0 aliphatic rings. The van der Waals surface area contributed by atoms with Crippen LogP contribution in [0.1, 0.15) is 32.4 Å². The van der Waals surface area contributed by atoms with Gasteiger partial charge in [0.15, 0.2) is 0 Å². The summed E-state index contributed by atoms with van der Waals surface area (Å²) in [4.78, 5) is 6.62. The number of pyridine rings is 1. The molecular formula is C12H18Cl2N2. The largest absolute Gasteiger partial charge is 0.297 e. The molecule has 90 valence electrons. The Bertz CT molecular complexity index is 323. The van der Waals surface area contributed by atoms with Crippen LogP contribution >= 0.6 is 23.2 Å². The first kappa shape index (κ1) is 13.8. The van der Waals surface area contributed by atoms with Crippen molar-refractivity contribution < 1.29 is 0 Å². The molecule has 4 heteroatoms. The van der Waals surface area contributed by atoms with Gasteiger partial charge in [-0.1, -0.05) is 37.0 Å². The lowest BCUT2D eigenvalue weighted by Crippen LogP contribution is -2.25. The van der Waals surface area contributed by atoms with Crippen molar-refractivity contribution in [3.63, 3.8) is 0 Å². The Kier molecular flexibility index (Phi) is 6.10. The second-order valence-corrected chi connectivity index (χ2v) is 4.63. The van der Waals surface area contributed by atoms with Crippen LogP contribution in [0.15, 0.2) is 12.1 Å². The molecule has 1 heterocycles. The van der Waals surface area contributed by atoms with E-state index in [1.807, 2.05) is 6.07 Å². The van der Waals surface area contributed by atoms with E-state index in [1.54, 1.807) is 6.07 Å². The molecule has 2 nitrogen and oxygen atoms in total. The maximum absolute atomic E-state index is 6.09. The van der Waals surface area contributed by atoms with Crippen LogP contribution in [0.2, 0.25) is 10.2 Å². The van der Waals surface area contributed by atoms with Crippen molar-refractivity contribution in [2.24, 2.45) is 0 Å². The topological polar surface area (TPSA) is 16.1 Å². The summed E-state index contributed by atoms with van der Waals surface area (Å²) >= 11 is 12.0. The van der Waals surface area contributed by atoms with Crippen LogP contribution in [0.4, 0.5) is 0 Å². The highest BCUT2D eigenvalue weighted by atomic mass is 35.5.